The summed E-state index contributed by atoms with van der Waals surface area (Å²) >= 11 is 0. The van der Waals surface area contributed by atoms with Gasteiger partial charge in [-0.1, -0.05) is 11.6 Å². The van der Waals surface area contributed by atoms with Crippen LogP contribution in [-0.2, 0) is 10.0 Å². The first-order valence-corrected chi connectivity index (χ1v) is 9.51. The van der Waals surface area contributed by atoms with Crippen molar-refractivity contribution in [2.24, 2.45) is 0 Å². The third-order valence-corrected chi connectivity index (χ3v) is 6.15. The molecule has 0 saturated carbocycles. The van der Waals surface area contributed by atoms with Crippen LogP contribution >= 0.6 is 0 Å². The van der Waals surface area contributed by atoms with Gasteiger partial charge in [0, 0.05) is 19.2 Å². The van der Waals surface area contributed by atoms with Crippen LogP contribution in [0.5, 0.6) is 0 Å². The predicted octanol–water partition coefficient (Wildman–Crippen LogP) is 1.65. The second kappa shape index (κ2) is 6.93. The largest absolute Gasteiger partial charge is 0.355 e. The molecule has 0 radical (unpaired) electrons. The summed E-state index contributed by atoms with van der Waals surface area (Å²) < 4.78 is 32.8. The molecule has 1 aromatic carbocycles. The maximum absolute atomic E-state index is 13.1. The Kier molecular flexibility index (Phi) is 4.87. The Morgan fingerprint density at radius 2 is 2.00 bits per heavy atom. The Morgan fingerprint density at radius 3 is 2.60 bits per heavy atom. The van der Waals surface area contributed by atoms with Crippen molar-refractivity contribution in [3.05, 3.63) is 41.5 Å². The fraction of sp³-hybridized carbons (Fsp3) is 0.438. The van der Waals surface area contributed by atoms with Crippen molar-refractivity contribution in [2.45, 2.75) is 37.1 Å². The zero-order valence-corrected chi connectivity index (χ0v) is 14.9. The van der Waals surface area contributed by atoms with Gasteiger partial charge in [-0.2, -0.15) is 9.29 Å². The first kappa shape index (κ1) is 17.6. The first-order valence-electron chi connectivity index (χ1n) is 8.07. The number of carbonyl (C=O) groups is 1. The van der Waals surface area contributed by atoms with Crippen molar-refractivity contribution < 1.29 is 17.7 Å². The zero-order chi connectivity index (χ0) is 18.0. The molecule has 1 amide bonds. The number of aryl methyl sites for hydroxylation is 1. The van der Waals surface area contributed by atoms with Crippen LogP contribution in [0.25, 0.3) is 0 Å². The molecule has 1 aliphatic heterocycles. The van der Waals surface area contributed by atoms with Crippen LogP contribution in [0.3, 0.4) is 0 Å². The molecular formula is C16H20N4O4S. The molecule has 1 fully saturated rings. The normalized spacial score (nSPS) is 18.9. The number of aromatic nitrogens is 2. The SMILES string of the molecule is CNC(=O)c1ccc(S(=O)(=O)N2CCCCC2c2nc(C)no2)cc1. The van der Waals surface area contributed by atoms with Gasteiger partial charge in [-0.05, 0) is 44.0 Å². The minimum atomic E-state index is -3.73. The summed E-state index contributed by atoms with van der Waals surface area (Å²) in [6.45, 7) is 2.10. The van der Waals surface area contributed by atoms with Crippen molar-refractivity contribution in [1.82, 2.24) is 19.8 Å². The highest BCUT2D eigenvalue weighted by Gasteiger charge is 2.37. The van der Waals surface area contributed by atoms with Crippen molar-refractivity contribution >= 4 is 15.9 Å². The van der Waals surface area contributed by atoms with Crippen LogP contribution in [0, 0.1) is 6.92 Å². The van der Waals surface area contributed by atoms with Crippen LogP contribution in [0.15, 0.2) is 33.7 Å². The lowest BCUT2D eigenvalue weighted by atomic mass is 10.1. The number of sulfonamides is 1. The molecule has 25 heavy (non-hydrogen) atoms. The summed E-state index contributed by atoms with van der Waals surface area (Å²) in [5.41, 5.74) is 0.407. The van der Waals surface area contributed by atoms with Gasteiger partial charge in [-0.3, -0.25) is 4.79 Å². The van der Waals surface area contributed by atoms with E-state index >= 15 is 0 Å². The maximum Gasteiger partial charge on any atom is 0.251 e. The molecule has 1 N–H and O–H groups in total. The number of piperidine rings is 1. The van der Waals surface area contributed by atoms with E-state index in [9.17, 15) is 13.2 Å². The summed E-state index contributed by atoms with van der Waals surface area (Å²) in [6.07, 6.45) is 2.31. The molecule has 1 atom stereocenters. The van der Waals surface area contributed by atoms with E-state index in [1.54, 1.807) is 6.92 Å². The van der Waals surface area contributed by atoms with Gasteiger partial charge in [0.05, 0.1) is 4.90 Å². The molecule has 2 aromatic rings. The fourth-order valence-electron chi connectivity index (χ4n) is 2.95. The van der Waals surface area contributed by atoms with E-state index in [-0.39, 0.29) is 10.8 Å². The summed E-state index contributed by atoms with van der Waals surface area (Å²) in [6, 6.07) is 5.44. The van der Waals surface area contributed by atoms with E-state index in [0.29, 0.717) is 30.2 Å². The van der Waals surface area contributed by atoms with Gasteiger partial charge in [0.25, 0.3) is 5.91 Å². The van der Waals surface area contributed by atoms with E-state index in [1.165, 1.54) is 35.6 Å². The summed E-state index contributed by atoms with van der Waals surface area (Å²) in [4.78, 5) is 16.0. The Labute approximate surface area is 146 Å². The Bertz CT molecular complexity index is 861. The molecule has 9 heteroatoms. The van der Waals surface area contributed by atoms with Crippen molar-refractivity contribution in [1.29, 1.82) is 0 Å². The van der Waals surface area contributed by atoms with Gasteiger partial charge in [0.15, 0.2) is 5.82 Å². The lowest BCUT2D eigenvalue weighted by Crippen LogP contribution is -2.38. The van der Waals surface area contributed by atoms with Crippen molar-refractivity contribution in [3.8, 4) is 0 Å². The molecule has 3 rings (SSSR count). The summed E-state index contributed by atoms with van der Waals surface area (Å²) in [5.74, 6) is 0.539. The number of rotatable bonds is 4. The molecule has 1 aromatic heterocycles. The number of nitrogens with zero attached hydrogens (tertiary/aromatic N) is 3. The van der Waals surface area contributed by atoms with E-state index in [1.807, 2.05) is 0 Å². The second-order valence-corrected chi connectivity index (χ2v) is 7.80. The predicted molar refractivity (Wildman–Crippen MR) is 89.4 cm³/mol. The van der Waals surface area contributed by atoms with E-state index in [4.69, 9.17) is 4.52 Å². The molecule has 134 valence electrons. The molecule has 0 bridgehead atoms. The molecule has 1 unspecified atom stereocenters. The van der Waals surface area contributed by atoms with Crippen LogP contribution in [0.4, 0.5) is 0 Å². The quantitative estimate of drug-likeness (QED) is 0.884. The second-order valence-electron chi connectivity index (χ2n) is 5.91. The highest BCUT2D eigenvalue weighted by atomic mass is 32.2. The molecule has 2 heterocycles. The van der Waals surface area contributed by atoms with Crippen LogP contribution in [0.2, 0.25) is 0 Å². The topological polar surface area (TPSA) is 105 Å². The first-order chi connectivity index (χ1) is 11.9. The standard InChI is InChI=1S/C16H20N4O4S/c1-11-18-16(24-19-11)14-5-3-4-10-20(14)25(22,23)13-8-6-12(7-9-13)15(21)17-2/h6-9,14H,3-5,10H2,1-2H3,(H,17,21). The summed E-state index contributed by atoms with van der Waals surface area (Å²) in [7, 11) is -2.20. The Balaban J connectivity index is 1.92. The minimum Gasteiger partial charge on any atom is -0.355 e. The Morgan fingerprint density at radius 1 is 1.28 bits per heavy atom. The van der Waals surface area contributed by atoms with Gasteiger partial charge in [-0.15, -0.1) is 0 Å². The third-order valence-electron chi connectivity index (χ3n) is 4.23. The van der Waals surface area contributed by atoms with Crippen LogP contribution < -0.4 is 5.32 Å². The van der Waals surface area contributed by atoms with Crippen molar-refractivity contribution in [2.75, 3.05) is 13.6 Å². The number of hydrogen-bond acceptors (Lipinski definition) is 6. The Hall–Kier alpha value is -2.26. The van der Waals surface area contributed by atoms with Gasteiger partial charge < -0.3 is 9.84 Å². The van der Waals surface area contributed by atoms with Gasteiger partial charge in [0.2, 0.25) is 15.9 Å². The molecule has 1 saturated heterocycles. The number of hydrogen-bond donors (Lipinski definition) is 1. The third kappa shape index (κ3) is 3.42. The number of nitrogens with one attached hydrogen (secondary N) is 1. The van der Waals surface area contributed by atoms with Gasteiger partial charge >= 0.3 is 0 Å². The van der Waals surface area contributed by atoms with E-state index < -0.39 is 16.1 Å². The van der Waals surface area contributed by atoms with Gasteiger partial charge in [-0.25, -0.2) is 8.42 Å². The zero-order valence-electron chi connectivity index (χ0n) is 14.1. The molecule has 1 aliphatic rings. The van der Waals surface area contributed by atoms with E-state index in [0.717, 1.165) is 12.8 Å². The highest BCUT2D eigenvalue weighted by molar-refractivity contribution is 7.89. The highest BCUT2D eigenvalue weighted by Crippen LogP contribution is 2.34. The lowest BCUT2D eigenvalue weighted by Gasteiger charge is -2.32. The lowest BCUT2D eigenvalue weighted by molar-refractivity contribution is 0.0963. The van der Waals surface area contributed by atoms with Crippen LogP contribution in [0.1, 0.15) is 47.4 Å². The molecule has 8 nitrogen and oxygen atoms in total. The number of amides is 1. The average molecular weight is 364 g/mol. The van der Waals surface area contributed by atoms with Crippen LogP contribution in [-0.4, -0.2) is 42.4 Å². The maximum atomic E-state index is 13.1. The molecule has 0 spiro atoms. The number of benzene rings is 1. The smallest absolute Gasteiger partial charge is 0.251 e. The molecular weight excluding hydrogens is 344 g/mol. The summed E-state index contributed by atoms with van der Waals surface area (Å²) in [5, 5.41) is 6.28. The van der Waals surface area contributed by atoms with Gasteiger partial charge in [0.1, 0.15) is 6.04 Å². The van der Waals surface area contributed by atoms with E-state index in [2.05, 4.69) is 15.5 Å². The minimum absolute atomic E-state index is 0.142. The monoisotopic (exact) mass is 364 g/mol. The number of carbonyl (C=O) groups excluding carboxylic acids is 1. The molecule has 0 aliphatic carbocycles. The average Bonchev–Trinajstić information content (AvgIpc) is 3.07. The fourth-order valence-corrected chi connectivity index (χ4v) is 4.60. The van der Waals surface area contributed by atoms with Crippen molar-refractivity contribution in [3.63, 3.8) is 0 Å².